The third-order valence-electron chi connectivity index (χ3n) is 6.70. The van der Waals surface area contributed by atoms with Gasteiger partial charge in [0.2, 0.25) is 11.8 Å². The fourth-order valence-electron chi connectivity index (χ4n) is 4.49. The van der Waals surface area contributed by atoms with Crippen LogP contribution in [0.4, 0.5) is 10.1 Å². The van der Waals surface area contributed by atoms with E-state index < -0.39 is 34.3 Å². The van der Waals surface area contributed by atoms with Gasteiger partial charge in [-0.1, -0.05) is 25.1 Å². The van der Waals surface area contributed by atoms with E-state index in [4.69, 9.17) is 9.47 Å². The van der Waals surface area contributed by atoms with Crippen molar-refractivity contribution in [3.63, 3.8) is 0 Å². The Kier molecular flexibility index (Phi) is 10.9. The maximum atomic E-state index is 14.2. The third kappa shape index (κ3) is 7.79. The Balaban J connectivity index is 2.09. The lowest BCUT2D eigenvalue weighted by molar-refractivity contribution is -0.139. The molecule has 11 heteroatoms. The number of halogens is 1. The van der Waals surface area contributed by atoms with Crippen LogP contribution in [0.5, 0.6) is 11.5 Å². The number of nitrogens with one attached hydrogen (secondary N) is 1. The quantitative estimate of drug-likeness (QED) is 0.308. The van der Waals surface area contributed by atoms with E-state index in [1.807, 2.05) is 26.8 Å². The van der Waals surface area contributed by atoms with Crippen LogP contribution in [0.2, 0.25) is 0 Å². The molecule has 1 unspecified atom stereocenters. The number of amides is 2. The zero-order valence-electron chi connectivity index (χ0n) is 24.8. The monoisotopic (exact) mass is 599 g/mol. The summed E-state index contributed by atoms with van der Waals surface area (Å²) >= 11 is 0. The van der Waals surface area contributed by atoms with Gasteiger partial charge in [-0.2, -0.15) is 0 Å². The van der Waals surface area contributed by atoms with Crippen molar-refractivity contribution < 1.29 is 31.9 Å². The molecule has 0 saturated heterocycles. The van der Waals surface area contributed by atoms with E-state index in [1.165, 1.54) is 61.6 Å². The number of hydrogen-bond acceptors (Lipinski definition) is 6. The molecule has 0 bridgehead atoms. The largest absolute Gasteiger partial charge is 0.493 e. The molecule has 2 amide bonds. The van der Waals surface area contributed by atoms with Crippen LogP contribution in [0.25, 0.3) is 0 Å². The number of hydrogen-bond donors (Lipinski definition) is 1. The van der Waals surface area contributed by atoms with Gasteiger partial charge in [-0.3, -0.25) is 13.9 Å². The summed E-state index contributed by atoms with van der Waals surface area (Å²) in [4.78, 5) is 28.2. The highest BCUT2D eigenvalue weighted by molar-refractivity contribution is 7.92. The summed E-state index contributed by atoms with van der Waals surface area (Å²) in [6.45, 7) is 6.96. The van der Waals surface area contributed by atoms with Crippen LogP contribution in [0.15, 0.2) is 65.6 Å². The summed E-state index contributed by atoms with van der Waals surface area (Å²) in [6.07, 6.45) is 0.703. The molecule has 1 atom stereocenters. The fourth-order valence-corrected chi connectivity index (χ4v) is 5.91. The predicted octanol–water partition coefficient (Wildman–Crippen LogP) is 4.60. The number of rotatable bonds is 13. The summed E-state index contributed by atoms with van der Waals surface area (Å²) in [6, 6.07) is 14.1. The first-order valence-electron chi connectivity index (χ1n) is 13.6. The average molecular weight is 600 g/mol. The van der Waals surface area contributed by atoms with Crippen molar-refractivity contribution >= 4 is 27.5 Å². The summed E-state index contributed by atoms with van der Waals surface area (Å²) in [5, 5.41) is 2.79. The van der Waals surface area contributed by atoms with Gasteiger partial charge in [0.25, 0.3) is 10.0 Å². The Bertz CT molecular complexity index is 1490. The Morgan fingerprint density at radius 1 is 0.929 bits per heavy atom. The van der Waals surface area contributed by atoms with Gasteiger partial charge >= 0.3 is 0 Å². The van der Waals surface area contributed by atoms with E-state index in [9.17, 15) is 22.4 Å². The number of aryl methyl sites for hydroxylation is 2. The molecule has 3 aromatic rings. The maximum Gasteiger partial charge on any atom is 0.264 e. The second-order valence-corrected chi connectivity index (χ2v) is 11.9. The van der Waals surface area contributed by atoms with Gasteiger partial charge in [-0.15, -0.1) is 0 Å². The van der Waals surface area contributed by atoms with Gasteiger partial charge in [0, 0.05) is 19.2 Å². The Morgan fingerprint density at radius 3 is 2.12 bits per heavy atom. The lowest BCUT2D eigenvalue weighted by Gasteiger charge is -2.32. The minimum atomic E-state index is -4.31. The van der Waals surface area contributed by atoms with Crippen molar-refractivity contribution in [2.24, 2.45) is 0 Å². The number of benzene rings is 3. The van der Waals surface area contributed by atoms with Crippen molar-refractivity contribution in [1.29, 1.82) is 0 Å². The normalized spacial score (nSPS) is 11.9. The molecular weight excluding hydrogens is 561 g/mol. The second kappa shape index (κ2) is 14.2. The van der Waals surface area contributed by atoms with E-state index in [2.05, 4.69) is 5.32 Å². The Morgan fingerprint density at radius 2 is 1.55 bits per heavy atom. The molecule has 0 aromatic heterocycles. The van der Waals surface area contributed by atoms with Crippen molar-refractivity contribution in [2.75, 3.05) is 31.6 Å². The standard InChI is InChI=1S/C31H38FN3O6S/c1-7-14-33-31(37)23(4)34(19-24-8-10-25(32)11-9-24)30(36)20-35(26-16-21(2)15-22(3)17-26)42(38,39)27-12-13-28(40-5)29(18-27)41-6/h8-13,15-18,23H,7,14,19-20H2,1-6H3,(H,33,37). The van der Waals surface area contributed by atoms with Gasteiger partial charge in [0.1, 0.15) is 18.4 Å². The highest BCUT2D eigenvalue weighted by atomic mass is 32.2. The van der Waals surface area contributed by atoms with Gasteiger partial charge in [-0.25, -0.2) is 12.8 Å². The summed E-state index contributed by atoms with van der Waals surface area (Å²) < 4.78 is 53.5. The number of anilines is 1. The predicted molar refractivity (Wildman–Crippen MR) is 160 cm³/mol. The van der Waals surface area contributed by atoms with E-state index in [1.54, 1.807) is 19.1 Å². The first kappa shape index (κ1) is 32.4. The Hall–Kier alpha value is -4.12. The molecule has 0 heterocycles. The van der Waals surface area contributed by atoms with E-state index >= 15 is 0 Å². The minimum Gasteiger partial charge on any atom is -0.493 e. The number of ether oxygens (including phenoxy) is 2. The topological polar surface area (TPSA) is 105 Å². The van der Waals surface area contributed by atoms with Crippen molar-refractivity contribution in [2.45, 2.75) is 51.6 Å². The molecule has 42 heavy (non-hydrogen) atoms. The number of carbonyl (C=O) groups is 2. The van der Waals surface area contributed by atoms with Crippen LogP contribution >= 0.6 is 0 Å². The summed E-state index contributed by atoms with van der Waals surface area (Å²) in [5.41, 5.74) is 2.49. The Labute approximate surface area is 247 Å². The van der Waals surface area contributed by atoms with Gasteiger partial charge < -0.3 is 19.7 Å². The molecule has 9 nitrogen and oxygen atoms in total. The number of methoxy groups -OCH3 is 2. The number of nitrogens with zero attached hydrogens (tertiary/aromatic N) is 2. The lowest BCUT2D eigenvalue weighted by atomic mass is 10.1. The SMILES string of the molecule is CCCNC(=O)C(C)N(Cc1ccc(F)cc1)C(=O)CN(c1cc(C)cc(C)c1)S(=O)(=O)c1ccc(OC)c(OC)c1. The highest BCUT2D eigenvalue weighted by Crippen LogP contribution is 2.33. The van der Waals surface area contributed by atoms with Crippen LogP contribution in [-0.2, 0) is 26.2 Å². The number of carbonyl (C=O) groups excluding carboxylic acids is 2. The van der Waals surface area contributed by atoms with E-state index in [-0.39, 0.29) is 23.1 Å². The van der Waals surface area contributed by atoms with Crippen LogP contribution in [0.3, 0.4) is 0 Å². The zero-order valence-corrected chi connectivity index (χ0v) is 25.6. The molecule has 3 aromatic carbocycles. The van der Waals surface area contributed by atoms with Gasteiger partial charge in [0.15, 0.2) is 11.5 Å². The molecule has 226 valence electrons. The minimum absolute atomic E-state index is 0.0308. The van der Waals surface area contributed by atoms with Crippen molar-refractivity contribution in [3.8, 4) is 11.5 Å². The zero-order chi connectivity index (χ0) is 31.0. The molecule has 0 saturated carbocycles. The molecule has 0 aliphatic carbocycles. The molecular formula is C31H38FN3O6S. The van der Waals surface area contributed by atoms with Crippen molar-refractivity contribution in [1.82, 2.24) is 10.2 Å². The second-order valence-electron chi connectivity index (χ2n) is 9.99. The molecule has 0 aliphatic rings. The average Bonchev–Trinajstić information content (AvgIpc) is 2.96. The highest BCUT2D eigenvalue weighted by Gasteiger charge is 2.33. The lowest BCUT2D eigenvalue weighted by Crippen LogP contribution is -2.51. The summed E-state index contributed by atoms with van der Waals surface area (Å²) in [7, 11) is -1.47. The van der Waals surface area contributed by atoms with Gasteiger partial charge in [0.05, 0.1) is 24.8 Å². The molecule has 1 N–H and O–H groups in total. The van der Waals surface area contributed by atoms with E-state index in [0.717, 1.165) is 15.4 Å². The number of sulfonamides is 1. The third-order valence-corrected chi connectivity index (χ3v) is 8.47. The van der Waals surface area contributed by atoms with Crippen LogP contribution < -0.4 is 19.1 Å². The smallest absolute Gasteiger partial charge is 0.264 e. The van der Waals surface area contributed by atoms with Crippen LogP contribution in [0, 0.1) is 19.7 Å². The van der Waals surface area contributed by atoms with Crippen LogP contribution in [-0.4, -0.2) is 58.5 Å². The van der Waals surface area contributed by atoms with Crippen molar-refractivity contribution in [3.05, 3.63) is 83.2 Å². The first-order chi connectivity index (χ1) is 19.9. The molecule has 3 rings (SSSR count). The molecule has 0 aliphatic heterocycles. The molecule has 0 radical (unpaired) electrons. The maximum absolute atomic E-state index is 14.2. The van der Waals surface area contributed by atoms with Gasteiger partial charge in [-0.05, 0) is 80.3 Å². The molecule has 0 spiro atoms. The molecule has 0 fully saturated rings. The summed E-state index contributed by atoms with van der Waals surface area (Å²) in [5.74, 6) is -0.866. The van der Waals surface area contributed by atoms with Crippen LogP contribution in [0.1, 0.15) is 37.0 Å². The van der Waals surface area contributed by atoms with E-state index in [0.29, 0.717) is 30.0 Å². The first-order valence-corrected chi connectivity index (χ1v) is 15.0. The fraction of sp³-hybridized carbons (Fsp3) is 0.355.